The van der Waals surface area contributed by atoms with Gasteiger partial charge in [-0.05, 0) is 24.3 Å². The van der Waals surface area contributed by atoms with Gasteiger partial charge in [-0.3, -0.25) is 4.79 Å². The number of halogens is 1. The molecule has 2 rings (SSSR count). The second kappa shape index (κ2) is 5.22. The predicted molar refractivity (Wildman–Crippen MR) is 64.0 cm³/mol. The van der Waals surface area contributed by atoms with Crippen molar-refractivity contribution >= 4 is 11.6 Å². The number of para-hydroxylation sites is 1. The van der Waals surface area contributed by atoms with E-state index in [1.165, 1.54) is 24.4 Å². The van der Waals surface area contributed by atoms with Gasteiger partial charge in [-0.2, -0.15) is 10.2 Å². The molecule has 6 heteroatoms. The summed E-state index contributed by atoms with van der Waals surface area (Å²) in [6.45, 7) is 0.211. The van der Waals surface area contributed by atoms with Gasteiger partial charge in [0, 0.05) is 6.20 Å². The molecule has 0 spiro atoms. The van der Waals surface area contributed by atoms with Crippen molar-refractivity contribution in [2.45, 2.75) is 6.54 Å². The molecule has 1 heterocycles. The van der Waals surface area contributed by atoms with Crippen LogP contribution in [0.1, 0.15) is 16.1 Å². The molecule has 0 radical (unpaired) electrons. The van der Waals surface area contributed by atoms with Crippen LogP contribution < -0.4 is 11.1 Å². The summed E-state index contributed by atoms with van der Waals surface area (Å²) in [4.78, 5) is 11.8. The fourth-order valence-electron chi connectivity index (χ4n) is 1.43. The van der Waals surface area contributed by atoms with Crippen molar-refractivity contribution in [3.8, 4) is 0 Å². The van der Waals surface area contributed by atoms with E-state index in [4.69, 9.17) is 5.73 Å². The van der Waals surface area contributed by atoms with Crippen molar-refractivity contribution < 1.29 is 9.18 Å². The van der Waals surface area contributed by atoms with Gasteiger partial charge in [0.2, 0.25) is 0 Å². The van der Waals surface area contributed by atoms with Crippen LogP contribution in [0.15, 0.2) is 36.5 Å². The van der Waals surface area contributed by atoms with E-state index in [1.54, 1.807) is 12.1 Å². The van der Waals surface area contributed by atoms with E-state index in [2.05, 4.69) is 15.5 Å². The molecule has 92 valence electrons. The molecule has 0 bridgehead atoms. The molecule has 3 N–H and O–H groups in total. The van der Waals surface area contributed by atoms with Gasteiger partial charge in [-0.15, -0.1) is 0 Å². The average molecular weight is 246 g/mol. The van der Waals surface area contributed by atoms with Gasteiger partial charge in [-0.1, -0.05) is 6.07 Å². The fraction of sp³-hybridized carbons (Fsp3) is 0.0833. The van der Waals surface area contributed by atoms with Crippen molar-refractivity contribution in [1.29, 1.82) is 0 Å². The molecule has 0 unspecified atom stereocenters. The minimum absolute atomic E-state index is 0.110. The zero-order valence-corrected chi connectivity index (χ0v) is 9.43. The monoisotopic (exact) mass is 246 g/mol. The van der Waals surface area contributed by atoms with E-state index in [0.29, 0.717) is 5.69 Å². The van der Waals surface area contributed by atoms with Gasteiger partial charge < -0.3 is 11.1 Å². The number of hydrogen-bond donors (Lipinski definition) is 2. The van der Waals surface area contributed by atoms with Crippen LogP contribution in [0.3, 0.4) is 0 Å². The van der Waals surface area contributed by atoms with Crippen LogP contribution in [0.25, 0.3) is 0 Å². The quantitative estimate of drug-likeness (QED) is 0.795. The Balaban J connectivity index is 2.07. The van der Waals surface area contributed by atoms with Gasteiger partial charge in [0.15, 0.2) is 0 Å². The first-order valence-electron chi connectivity index (χ1n) is 5.27. The standard InChI is InChI=1S/C12H11FN4O/c13-10-5-1-4-9(11(10)14)12(18)15-7-8-3-2-6-16-17-8/h1-6H,7,14H2,(H,15,18). The Morgan fingerprint density at radius 3 is 2.89 bits per heavy atom. The normalized spacial score (nSPS) is 10.1. The lowest BCUT2D eigenvalue weighted by Crippen LogP contribution is -2.24. The second-order valence-electron chi connectivity index (χ2n) is 3.60. The summed E-state index contributed by atoms with van der Waals surface area (Å²) >= 11 is 0. The van der Waals surface area contributed by atoms with Crippen molar-refractivity contribution in [3.05, 3.63) is 53.6 Å². The number of carbonyl (C=O) groups is 1. The average Bonchev–Trinajstić information content (AvgIpc) is 2.40. The SMILES string of the molecule is Nc1c(F)cccc1C(=O)NCc1cccnn1. The van der Waals surface area contributed by atoms with E-state index in [-0.39, 0.29) is 17.8 Å². The smallest absolute Gasteiger partial charge is 0.253 e. The van der Waals surface area contributed by atoms with Gasteiger partial charge in [0.1, 0.15) is 5.82 Å². The Morgan fingerprint density at radius 1 is 1.33 bits per heavy atom. The molecule has 0 aliphatic rings. The van der Waals surface area contributed by atoms with E-state index in [1.807, 2.05) is 0 Å². The maximum absolute atomic E-state index is 13.2. The summed E-state index contributed by atoms with van der Waals surface area (Å²) in [5.41, 5.74) is 6.05. The molecule has 0 fully saturated rings. The number of amides is 1. The summed E-state index contributed by atoms with van der Waals surface area (Å²) in [5.74, 6) is -1.06. The molecule has 2 aromatic rings. The first-order chi connectivity index (χ1) is 8.68. The Labute approximate surface area is 103 Å². The lowest BCUT2D eigenvalue weighted by atomic mass is 10.1. The molecule has 1 aromatic heterocycles. The van der Waals surface area contributed by atoms with Crippen molar-refractivity contribution in [3.63, 3.8) is 0 Å². The maximum Gasteiger partial charge on any atom is 0.253 e. The highest BCUT2D eigenvalue weighted by Crippen LogP contribution is 2.15. The number of nitrogen functional groups attached to an aromatic ring is 1. The molecule has 18 heavy (non-hydrogen) atoms. The van der Waals surface area contributed by atoms with Crippen molar-refractivity contribution in [1.82, 2.24) is 15.5 Å². The summed E-state index contributed by atoms with van der Waals surface area (Å²) in [7, 11) is 0. The molecule has 0 aliphatic heterocycles. The summed E-state index contributed by atoms with van der Waals surface area (Å²) in [6.07, 6.45) is 1.54. The maximum atomic E-state index is 13.2. The number of hydrogen-bond acceptors (Lipinski definition) is 4. The van der Waals surface area contributed by atoms with E-state index in [0.717, 1.165) is 0 Å². The number of rotatable bonds is 3. The van der Waals surface area contributed by atoms with Crippen molar-refractivity contribution in [2.75, 3.05) is 5.73 Å². The predicted octanol–water partition coefficient (Wildman–Crippen LogP) is 1.13. The van der Waals surface area contributed by atoms with E-state index in [9.17, 15) is 9.18 Å². The summed E-state index contributed by atoms with van der Waals surface area (Å²) < 4.78 is 13.2. The highest BCUT2D eigenvalue weighted by molar-refractivity contribution is 5.99. The van der Waals surface area contributed by atoms with Crippen LogP contribution in [0, 0.1) is 5.82 Å². The zero-order chi connectivity index (χ0) is 13.0. The number of nitrogens with zero attached hydrogens (tertiary/aromatic N) is 2. The Morgan fingerprint density at radius 2 is 2.17 bits per heavy atom. The first kappa shape index (κ1) is 12.0. The lowest BCUT2D eigenvalue weighted by Gasteiger charge is -2.07. The minimum atomic E-state index is -0.609. The second-order valence-corrected chi connectivity index (χ2v) is 3.60. The molecular weight excluding hydrogens is 235 g/mol. The van der Waals surface area contributed by atoms with E-state index < -0.39 is 11.7 Å². The van der Waals surface area contributed by atoms with Crippen LogP contribution in [-0.4, -0.2) is 16.1 Å². The molecule has 0 saturated heterocycles. The number of nitrogens with two attached hydrogens (primary N) is 1. The molecule has 5 nitrogen and oxygen atoms in total. The highest BCUT2D eigenvalue weighted by atomic mass is 19.1. The molecule has 1 amide bonds. The number of anilines is 1. The Bertz CT molecular complexity index is 559. The third-order valence-corrected chi connectivity index (χ3v) is 2.36. The number of carbonyl (C=O) groups excluding carboxylic acids is 1. The van der Waals surface area contributed by atoms with Crippen LogP contribution in [0.2, 0.25) is 0 Å². The Hall–Kier alpha value is -2.50. The first-order valence-corrected chi connectivity index (χ1v) is 5.27. The third kappa shape index (κ3) is 2.60. The van der Waals surface area contributed by atoms with Gasteiger partial charge in [0.25, 0.3) is 5.91 Å². The van der Waals surface area contributed by atoms with Gasteiger partial charge >= 0.3 is 0 Å². The van der Waals surface area contributed by atoms with Crippen LogP contribution in [0.5, 0.6) is 0 Å². The molecular formula is C12H11FN4O. The molecule has 0 saturated carbocycles. The molecule has 0 atom stereocenters. The topological polar surface area (TPSA) is 80.9 Å². The highest BCUT2D eigenvalue weighted by Gasteiger charge is 2.12. The fourth-order valence-corrected chi connectivity index (χ4v) is 1.43. The lowest BCUT2D eigenvalue weighted by molar-refractivity contribution is 0.0951. The number of aromatic nitrogens is 2. The van der Waals surface area contributed by atoms with Gasteiger partial charge in [-0.25, -0.2) is 4.39 Å². The summed E-state index contributed by atoms with van der Waals surface area (Å²) in [6, 6.07) is 7.54. The van der Waals surface area contributed by atoms with Crippen molar-refractivity contribution in [2.24, 2.45) is 0 Å². The number of nitrogens with one attached hydrogen (secondary N) is 1. The molecule has 0 aliphatic carbocycles. The largest absolute Gasteiger partial charge is 0.396 e. The van der Waals surface area contributed by atoms with Gasteiger partial charge in [0.05, 0.1) is 23.5 Å². The number of benzene rings is 1. The van der Waals surface area contributed by atoms with E-state index >= 15 is 0 Å². The Kier molecular flexibility index (Phi) is 3.47. The third-order valence-electron chi connectivity index (χ3n) is 2.36. The summed E-state index contributed by atoms with van der Waals surface area (Å²) in [5, 5.41) is 10.1. The van der Waals surface area contributed by atoms with Crippen LogP contribution in [0.4, 0.5) is 10.1 Å². The van der Waals surface area contributed by atoms with Crippen LogP contribution in [-0.2, 0) is 6.54 Å². The minimum Gasteiger partial charge on any atom is -0.396 e. The van der Waals surface area contributed by atoms with Crippen LogP contribution >= 0.6 is 0 Å². The zero-order valence-electron chi connectivity index (χ0n) is 9.43. The molecule has 1 aromatic carbocycles.